The smallest absolute Gasteiger partial charge is 0.267 e. The number of carbonyl (C=O) groups is 2. The first-order chi connectivity index (χ1) is 8.61. The molecule has 1 aromatic rings. The van der Waals surface area contributed by atoms with E-state index >= 15 is 0 Å². The molecule has 1 aromatic carbocycles. The normalized spacial score (nSPS) is 21.9. The van der Waals surface area contributed by atoms with E-state index in [0.29, 0.717) is 15.6 Å². The second kappa shape index (κ2) is 3.02. The van der Waals surface area contributed by atoms with Gasteiger partial charge in [0.15, 0.2) is 0 Å². The predicted octanol–water partition coefficient (Wildman–Crippen LogP) is 0.899. The number of hydrogen-bond donors (Lipinski definition) is 2. The summed E-state index contributed by atoms with van der Waals surface area (Å²) in [6.07, 6.45) is 1.95. The van der Waals surface area contributed by atoms with Gasteiger partial charge in [0.2, 0.25) is 0 Å². The third-order valence-electron chi connectivity index (χ3n) is 3.69. The van der Waals surface area contributed by atoms with E-state index in [2.05, 4.69) is 26.8 Å². The van der Waals surface area contributed by atoms with Crippen molar-refractivity contribution in [1.29, 1.82) is 0 Å². The van der Waals surface area contributed by atoms with Crippen LogP contribution in [0, 0.1) is 0 Å². The summed E-state index contributed by atoms with van der Waals surface area (Å²) in [4.78, 5) is 24.0. The first-order valence-electron chi connectivity index (χ1n) is 5.65. The number of hydrazine groups is 1. The van der Waals surface area contributed by atoms with E-state index in [1.54, 1.807) is 6.07 Å². The van der Waals surface area contributed by atoms with Gasteiger partial charge in [-0.3, -0.25) is 24.9 Å². The Labute approximate surface area is 111 Å². The van der Waals surface area contributed by atoms with Gasteiger partial charge in [-0.25, -0.2) is 0 Å². The highest BCUT2D eigenvalue weighted by atomic mass is 79.9. The highest BCUT2D eigenvalue weighted by Crippen LogP contribution is 2.48. The molecule has 3 heterocycles. The number of fused-ring (bicyclic) bond motifs is 1. The van der Waals surface area contributed by atoms with Crippen molar-refractivity contribution in [3.8, 4) is 0 Å². The van der Waals surface area contributed by atoms with Crippen LogP contribution in [0.25, 0.3) is 5.57 Å². The summed E-state index contributed by atoms with van der Waals surface area (Å²) in [5.74, 6) is -0.515. The molecule has 2 amide bonds. The lowest BCUT2D eigenvalue weighted by atomic mass is 10.00. The summed E-state index contributed by atoms with van der Waals surface area (Å²) in [5.41, 5.74) is 7.81. The summed E-state index contributed by atoms with van der Waals surface area (Å²) in [6, 6.07) is 3.76. The van der Waals surface area contributed by atoms with Crippen molar-refractivity contribution < 1.29 is 9.59 Å². The van der Waals surface area contributed by atoms with Crippen LogP contribution in [-0.2, 0) is 4.79 Å². The molecule has 0 saturated carbocycles. The SMILES string of the molecule is O=C1NNC(=O)c2cc(Br)cc3c2C1=C[N+]31CC1. The minimum Gasteiger partial charge on any atom is -0.267 e. The van der Waals surface area contributed by atoms with E-state index in [1.165, 1.54) is 0 Å². The van der Waals surface area contributed by atoms with E-state index < -0.39 is 0 Å². The van der Waals surface area contributed by atoms with Crippen molar-refractivity contribution in [2.75, 3.05) is 13.1 Å². The standard InChI is InChI=1S/C12H8BrN3O2/c13-6-3-7-10-8(12(18)15-14-11(7)17)5-16(1-2-16)9(10)4-6/h3-5H,1-2H2,(H-,14,15,17,18)/p+1. The molecule has 18 heavy (non-hydrogen) atoms. The van der Waals surface area contributed by atoms with Gasteiger partial charge >= 0.3 is 0 Å². The molecule has 6 heteroatoms. The Morgan fingerprint density at radius 3 is 2.56 bits per heavy atom. The van der Waals surface area contributed by atoms with Crippen molar-refractivity contribution in [3.63, 3.8) is 0 Å². The molecule has 1 fully saturated rings. The van der Waals surface area contributed by atoms with Crippen LogP contribution in [0.1, 0.15) is 15.9 Å². The van der Waals surface area contributed by atoms with Crippen molar-refractivity contribution in [2.24, 2.45) is 0 Å². The van der Waals surface area contributed by atoms with Gasteiger partial charge in [-0.15, -0.1) is 0 Å². The van der Waals surface area contributed by atoms with Gasteiger partial charge in [0.25, 0.3) is 11.8 Å². The Hall–Kier alpha value is -1.66. The number of nitrogens with zero attached hydrogens (tertiary/aromatic N) is 1. The van der Waals surface area contributed by atoms with Gasteiger partial charge in [-0.05, 0) is 6.07 Å². The molecule has 3 aliphatic rings. The molecule has 1 saturated heterocycles. The number of carbonyl (C=O) groups excluding carboxylic acids is 2. The Morgan fingerprint density at radius 1 is 1.11 bits per heavy atom. The minimum absolute atomic E-state index is 0.243. The van der Waals surface area contributed by atoms with Crippen LogP contribution in [0.3, 0.4) is 0 Å². The quantitative estimate of drug-likeness (QED) is 0.553. The van der Waals surface area contributed by atoms with Crippen LogP contribution in [-0.4, -0.2) is 24.9 Å². The Balaban J connectivity index is 2.10. The third-order valence-corrected chi connectivity index (χ3v) is 4.15. The van der Waals surface area contributed by atoms with Crippen LogP contribution in [0.15, 0.2) is 22.8 Å². The van der Waals surface area contributed by atoms with E-state index in [9.17, 15) is 9.59 Å². The summed E-state index contributed by atoms with van der Waals surface area (Å²) < 4.78 is 1.55. The van der Waals surface area contributed by atoms with E-state index in [4.69, 9.17) is 0 Å². The van der Waals surface area contributed by atoms with Gasteiger partial charge in [0.05, 0.1) is 11.1 Å². The molecular formula is C12H9BrN3O2+. The van der Waals surface area contributed by atoms with Crippen molar-refractivity contribution in [1.82, 2.24) is 15.3 Å². The van der Waals surface area contributed by atoms with Gasteiger partial charge in [0.1, 0.15) is 30.5 Å². The zero-order chi connectivity index (χ0) is 12.5. The number of nitrogens with one attached hydrogen (secondary N) is 2. The molecule has 0 aromatic heterocycles. The number of amides is 2. The van der Waals surface area contributed by atoms with Gasteiger partial charge in [0, 0.05) is 10.5 Å². The highest BCUT2D eigenvalue weighted by molar-refractivity contribution is 9.10. The van der Waals surface area contributed by atoms with E-state index in [1.807, 2.05) is 12.3 Å². The number of quaternary nitrogens is 1. The second-order valence-corrected chi connectivity index (χ2v) is 5.70. The average molecular weight is 307 g/mol. The molecule has 2 N–H and O–H groups in total. The molecule has 1 spiro atoms. The van der Waals surface area contributed by atoms with Gasteiger partial charge in [-0.1, -0.05) is 15.9 Å². The third kappa shape index (κ3) is 1.14. The molecule has 3 aliphatic heterocycles. The monoisotopic (exact) mass is 306 g/mol. The fourth-order valence-electron chi connectivity index (χ4n) is 2.69. The van der Waals surface area contributed by atoms with Crippen LogP contribution >= 0.6 is 15.9 Å². The van der Waals surface area contributed by atoms with Crippen LogP contribution in [0.5, 0.6) is 0 Å². The zero-order valence-corrected chi connectivity index (χ0v) is 10.9. The molecule has 0 radical (unpaired) electrons. The molecule has 4 rings (SSSR count). The van der Waals surface area contributed by atoms with Crippen molar-refractivity contribution in [2.45, 2.75) is 0 Å². The molecule has 0 atom stereocenters. The maximum atomic E-state index is 12.0. The Morgan fingerprint density at radius 2 is 1.83 bits per heavy atom. The van der Waals surface area contributed by atoms with E-state index in [-0.39, 0.29) is 11.8 Å². The maximum absolute atomic E-state index is 12.0. The summed E-state index contributed by atoms with van der Waals surface area (Å²) in [6.45, 7) is 1.97. The summed E-state index contributed by atoms with van der Waals surface area (Å²) in [7, 11) is 0. The Bertz CT molecular complexity index is 662. The first kappa shape index (κ1) is 10.3. The number of rotatable bonds is 0. The molecular weight excluding hydrogens is 298 g/mol. The number of benzene rings is 1. The minimum atomic E-state index is -0.272. The lowest BCUT2D eigenvalue weighted by Gasteiger charge is -2.11. The van der Waals surface area contributed by atoms with Gasteiger partial charge in [-0.2, -0.15) is 0 Å². The van der Waals surface area contributed by atoms with Crippen molar-refractivity contribution >= 4 is 39.0 Å². The second-order valence-electron chi connectivity index (χ2n) is 4.78. The van der Waals surface area contributed by atoms with Gasteiger partial charge < -0.3 is 0 Å². The zero-order valence-electron chi connectivity index (χ0n) is 9.29. The summed E-state index contributed by atoms with van der Waals surface area (Å²) in [5, 5.41) is 0. The fraction of sp³-hybridized carbons (Fsp3) is 0.167. The number of halogens is 1. The summed E-state index contributed by atoms with van der Waals surface area (Å²) >= 11 is 3.43. The molecule has 0 unspecified atom stereocenters. The molecule has 0 bridgehead atoms. The Kier molecular flexibility index (Phi) is 1.72. The lowest BCUT2D eigenvalue weighted by Crippen LogP contribution is -2.39. The largest absolute Gasteiger partial charge is 0.275 e. The fourth-order valence-corrected chi connectivity index (χ4v) is 3.13. The maximum Gasteiger partial charge on any atom is 0.275 e. The van der Waals surface area contributed by atoms with Crippen LogP contribution in [0.4, 0.5) is 5.69 Å². The van der Waals surface area contributed by atoms with Crippen LogP contribution in [0.2, 0.25) is 0 Å². The average Bonchev–Trinajstić information content (AvgIpc) is 3.05. The lowest BCUT2D eigenvalue weighted by molar-refractivity contribution is -0.116. The number of hydrogen-bond acceptors (Lipinski definition) is 2. The topological polar surface area (TPSA) is 58.2 Å². The van der Waals surface area contributed by atoms with Crippen LogP contribution < -0.4 is 15.3 Å². The van der Waals surface area contributed by atoms with Crippen molar-refractivity contribution in [3.05, 3.63) is 33.9 Å². The highest BCUT2D eigenvalue weighted by Gasteiger charge is 2.52. The molecule has 90 valence electrons. The first-order valence-corrected chi connectivity index (χ1v) is 6.45. The molecule has 5 nitrogen and oxygen atoms in total. The van der Waals surface area contributed by atoms with E-state index in [0.717, 1.165) is 28.8 Å². The molecule has 0 aliphatic carbocycles. The predicted molar refractivity (Wildman–Crippen MR) is 69.3 cm³/mol.